The highest BCUT2D eigenvalue weighted by Gasteiger charge is 2.21. The van der Waals surface area contributed by atoms with Crippen molar-refractivity contribution in [2.75, 3.05) is 18.5 Å². The summed E-state index contributed by atoms with van der Waals surface area (Å²) in [7, 11) is 0. The molecule has 1 amide bonds. The summed E-state index contributed by atoms with van der Waals surface area (Å²) in [6.07, 6.45) is 4.10. The molecular weight excluding hydrogens is 258 g/mol. The largest absolute Gasteiger partial charge is 0.478 e. The first-order valence-electron chi connectivity index (χ1n) is 6.55. The number of benzene rings is 1. The molecule has 1 fully saturated rings. The third kappa shape index (κ3) is 4.20. The van der Waals surface area contributed by atoms with Gasteiger partial charge < -0.3 is 15.2 Å². The van der Waals surface area contributed by atoms with Crippen molar-refractivity contribution in [2.24, 2.45) is 5.92 Å². The second-order valence-electron chi connectivity index (χ2n) is 4.67. The summed E-state index contributed by atoms with van der Waals surface area (Å²) in [5.74, 6) is -0.959. The summed E-state index contributed by atoms with van der Waals surface area (Å²) in [6, 6.07) is 7.05. The lowest BCUT2D eigenvalue weighted by molar-refractivity contribution is -0.131. The molecule has 2 rings (SSSR count). The van der Waals surface area contributed by atoms with Crippen LogP contribution in [0.15, 0.2) is 30.3 Å². The summed E-state index contributed by atoms with van der Waals surface area (Å²) in [6.45, 7) is 1.27. The summed E-state index contributed by atoms with van der Waals surface area (Å²) >= 11 is 0. The standard InChI is InChI=1S/C15H17NO4/c17-14(18)6-3-11-1-4-13(5-2-11)16-15(19)12-7-9-20-10-8-12/h1-6,12H,7-10H2,(H,16,19)(H,17,18)/b6-3+. The van der Waals surface area contributed by atoms with Crippen molar-refractivity contribution in [1.82, 2.24) is 0 Å². The van der Waals surface area contributed by atoms with Gasteiger partial charge in [-0.25, -0.2) is 4.79 Å². The molecule has 20 heavy (non-hydrogen) atoms. The van der Waals surface area contributed by atoms with Gasteiger partial charge in [-0.2, -0.15) is 0 Å². The minimum Gasteiger partial charge on any atom is -0.478 e. The van der Waals surface area contributed by atoms with Crippen LogP contribution in [-0.4, -0.2) is 30.2 Å². The molecule has 2 N–H and O–H groups in total. The Labute approximate surface area is 117 Å². The number of nitrogens with one attached hydrogen (secondary N) is 1. The van der Waals surface area contributed by atoms with Crippen LogP contribution in [-0.2, 0) is 14.3 Å². The highest BCUT2D eigenvalue weighted by molar-refractivity contribution is 5.92. The summed E-state index contributed by atoms with van der Waals surface area (Å²) in [4.78, 5) is 22.4. The number of anilines is 1. The third-order valence-corrected chi connectivity index (χ3v) is 3.19. The number of ether oxygens (including phenoxy) is 1. The monoisotopic (exact) mass is 275 g/mol. The maximum Gasteiger partial charge on any atom is 0.328 e. The molecule has 1 aliphatic rings. The minimum absolute atomic E-state index is 0.00957. The Morgan fingerprint density at radius 1 is 1.20 bits per heavy atom. The van der Waals surface area contributed by atoms with Crippen LogP contribution < -0.4 is 5.32 Å². The first-order chi connectivity index (χ1) is 9.65. The second-order valence-corrected chi connectivity index (χ2v) is 4.67. The fourth-order valence-corrected chi connectivity index (χ4v) is 2.05. The minimum atomic E-state index is -0.984. The Hall–Kier alpha value is -2.14. The normalized spacial score (nSPS) is 16.2. The zero-order chi connectivity index (χ0) is 14.4. The highest BCUT2D eigenvalue weighted by Crippen LogP contribution is 2.18. The van der Waals surface area contributed by atoms with E-state index in [-0.39, 0.29) is 11.8 Å². The van der Waals surface area contributed by atoms with Gasteiger partial charge in [0.05, 0.1) is 0 Å². The molecule has 0 spiro atoms. The van der Waals surface area contributed by atoms with E-state index in [1.165, 1.54) is 6.08 Å². The SMILES string of the molecule is O=C(O)/C=C/c1ccc(NC(=O)C2CCOCC2)cc1. The molecule has 5 nitrogen and oxygen atoms in total. The molecule has 0 atom stereocenters. The van der Waals surface area contributed by atoms with Gasteiger partial charge >= 0.3 is 5.97 Å². The molecule has 0 aromatic heterocycles. The van der Waals surface area contributed by atoms with E-state index in [9.17, 15) is 9.59 Å². The number of rotatable bonds is 4. The van der Waals surface area contributed by atoms with Crippen molar-refractivity contribution in [2.45, 2.75) is 12.8 Å². The van der Waals surface area contributed by atoms with E-state index < -0.39 is 5.97 Å². The summed E-state index contributed by atoms with van der Waals surface area (Å²) < 4.78 is 5.23. The zero-order valence-electron chi connectivity index (χ0n) is 11.0. The Balaban J connectivity index is 1.92. The van der Waals surface area contributed by atoms with Gasteiger partial charge in [0.25, 0.3) is 0 Å². The van der Waals surface area contributed by atoms with E-state index >= 15 is 0 Å². The molecule has 5 heteroatoms. The van der Waals surface area contributed by atoms with E-state index in [4.69, 9.17) is 9.84 Å². The number of carbonyl (C=O) groups is 2. The van der Waals surface area contributed by atoms with Crippen LogP contribution in [0.4, 0.5) is 5.69 Å². The molecule has 0 unspecified atom stereocenters. The molecule has 0 saturated carbocycles. The lowest BCUT2D eigenvalue weighted by Gasteiger charge is -2.21. The average Bonchev–Trinajstić information content (AvgIpc) is 2.47. The Kier molecular flexibility index (Phi) is 4.90. The van der Waals surface area contributed by atoms with Crippen LogP contribution in [0.5, 0.6) is 0 Å². The van der Waals surface area contributed by atoms with Crippen molar-refractivity contribution in [3.05, 3.63) is 35.9 Å². The van der Waals surface area contributed by atoms with E-state index in [2.05, 4.69) is 5.32 Å². The fourth-order valence-electron chi connectivity index (χ4n) is 2.05. The molecule has 106 valence electrons. The molecule has 1 aliphatic heterocycles. The summed E-state index contributed by atoms with van der Waals surface area (Å²) in [5, 5.41) is 11.4. The van der Waals surface area contributed by atoms with Crippen LogP contribution in [0.1, 0.15) is 18.4 Å². The molecule has 0 aliphatic carbocycles. The summed E-state index contributed by atoms with van der Waals surface area (Å²) in [5.41, 5.74) is 1.49. The van der Waals surface area contributed by atoms with Gasteiger partial charge in [-0.05, 0) is 36.6 Å². The maximum absolute atomic E-state index is 12.0. The van der Waals surface area contributed by atoms with Gasteiger partial charge in [0.1, 0.15) is 0 Å². The lowest BCUT2D eigenvalue weighted by Crippen LogP contribution is -2.28. The fraction of sp³-hybridized carbons (Fsp3) is 0.333. The van der Waals surface area contributed by atoms with Crippen LogP contribution >= 0.6 is 0 Å². The van der Waals surface area contributed by atoms with Crippen LogP contribution in [0.2, 0.25) is 0 Å². The molecule has 1 aromatic rings. The zero-order valence-corrected chi connectivity index (χ0v) is 11.0. The number of carbonyl (C=O) groups excluding carboxylic acids is 1. The van der Waals surface area contributed by atoms with Gasteiger partial charge in [-0.3, -0.25) is 4.79 Å². The first kappa shape index (κ1) is 14.3. The lowest BCUT2D eigenvalue weighted by atomic mass is 9.99. The van der Waals surface area contributed by atoms with Crippen molar-refractivity contribution in [3.8, 4) is 0 Å². The van der Waals surface area contributed by atoms with Gasteiger partial charge in [0.15, 0.2) is 0 Å². The quantitative estimate of drug-likeness (QED) is 0.826. The van der Waals surface area contributed by atoms with Gasteiger partial charge in [-0.15, -0.1) is 0 Å². The first-order valence-corrected chi connectivity index (χ1v) is 6.55. The van der Waals surface area contributed by atoms with Crippen LogP contribution in [0.3, 0.4) is 0 Å². The Bertz CT molecular complexity index is 501. The van der Waals surface area contributed by atoms with E-state index in [0.29, 0.717) is 18.9 Å². The third-order valence-electron chi connectivity index (χ3n) is 3.19. The maximum atomic E-state index is 12.0. The van der Waals surface area contributed by atoms with Crippen molar-refractivity contribution < 1.29 is 19.4 Å². The van der Waals surface area contributed by atoms with Gasteiger partial charge in [0, 0.05) is 30.9 Å². The van der Waals surface area contributed by atoms with Crippen molar-refractivity contribution in [1.29, 1.82) is 0 Å². The number of hydrogen-bond donors (Lipinski definition) is 2. The van der Waals surface area contributed by atoms with Crippen LogP contribution in [0.25, 0.3) is 6.08 Å². The topological polar surface area (TPSA) is 75.6 Å². The molecule has 0 bridgehead atoms. The van der Waals surface area contributed by atoms with E-state index in [1.807, 2.05) is 0 Å². The number of aliphatic carboxylic acids is 1. The van der Waals surface area contributed by atoms with Crippen molar-refractivity contribution in [3.63, 3.8) is 0 Å². The number of hydrogen-bond acceptors (Lipinski definition) is 3. The molecule has 0 radical (unpaired) electrons. The molecule has 1 saturated heterocycles. The predicted molar refractivity (Wildman–Crippen MR) is 75.3 cm³/mol. The van der Waals surface area contributed by atoms with Crippen molar-refractivity contribution >= 4 is 23.6 Å². The number of amides is 1. The highest BCUT2D eigenvalue weighted by atomic mass is 16.5. The number of carboxylic acid groups (broad SMARTS) is 1. The average molecular weight is 275 g/mol. The van der Waals surface area contributed by atoms with E-state index in [1.54, 1.807) is 24.3 Å². The van der Waals surface area contributed by atoms with Gasteiger partial charge in [-0.1, -0.05) is 12.1 Å². The second kappa shape index (κ2) is 6.86. The van der Waals surface area contributed by atoms with Gasteiger partial charge in [0.2, 0.25) is 5.91 Å². The molecular formula is C15H17NO4. The predicted octanol–water partition coefficient (Wildman–Crippen LogP) is 2.15. The molecule has 1 heterocycles. The Morgan fingerprint density at radius 3 is 2.45 bits per heavy atom. The number of carboxylic acids is 1. The van der Waals surface area contributed by atoms with Crippen LogP contribution in [0, 0.1) is 5.92 Å². The molecule has 1 aromatic carbocycles. The smallest absolute Gasteiger partial charge is 0.328 e. The Morgan fingerprint density at radius 2 is 1.85 bits per heavy atom. The van der Waals surface area contributed by atoms with E-state index in [0.717, 1.165) is 24.5 Å².